The van der Waals surface area contributed by atoms with Gasteiger partial charge < -0.3 is 19.9 Å². The zero-order chi connectivity index (χ0) is 23.1. The minimum Gasteiger partial charge on any atom is -0.497 e. The van der Waals surface area contributed by atoms with Crippen molar-refractivity contribution >= 4 is 29.3 Å². The van der Waals surface area contributed by atoms with Crippen LogP contribution in [0.25, 0.3) is 0 Å². The summed E-state index contributed by atoms with van der Waals surface area (Å²) in [5.74, 6) is 1.24. The minimum atomic E-state index is -0.169. The quantitative estimate of drug-likeness (QED) is 0.483. The van der Waals surface area contributed by atoms with Gasteiger partial charge in [0.25, 0.3) is 0 Å². The van der Waals surface area contributed by atoms with Crippen molar-refractivity contribution in [3.63, 3.8) is 0 Å². The van der Waals surface area contributed by atoms with Crippen LogP contribution >= 0.6 is 11.8 Å². The van der Waals surface area contributed by atoms with Gasteiger partial charge in [0.15, 0.2) is 5.16 Å². The van der Waals surface area contributed by atoms with Gasteiger partial charge in [0.05, 0.1) is 19.3 Å². The Morgan fingerprint density at radius 1 is 1.03 bits per heavy atom. The lowest BCUT2D eigenvalue weighted by Crippen LogP contribution is -2.24. The van der Waals surface area contributed by atoms with Crippen molar-refractivity contribution in [3.05, 3.63) is 65.0 Å². The average molecular weight is 454 g/mol. The summed E-state index contributed by atoms with van der Waals surface area (Å²) in [7, 11) is 3.40. The van der Waals surface area contributed by atoms with Gasteiger partial charge in [0.2, 0.25) is 11.8 Å². The normalized spacial score (nSPS) is 10.6. The van der Waals surface area contributed by atoms with Crippen molar-refractivity contribution in [2.45, 2.75) is 32.0 Å². The molecule has 0 saturated carbocycles. The fourth-order valence-electron chi connectivity index (χ4n) is 2.92. The molecular formula is C23H27N5O3S. The Kier molecular flexibility index (Phi) is 7.88. The summed E-state index contributed by atoms with van der Waals surface area (Å²) in [6.45, 7) is 4.47. The first-order valence-corrected chi connectivity index (χ1v) is 11.1. The zero-order valence-corrected chi connectivity index (χ0v) is 19.5. The molecule has 2 N–H and O–H groups in total. The number of aryl methyl sites for hydroxylation is 2. The summed E-state index contributed by atoms with van der Waals surface area (Å²) in [4.78, 5) is 24.6. The molecule has 1 heterocycles. The Labute approximate surface area is 191 Å². The Bertz CT molecular complexity index is 1100. The molecule has 0 atom stereocenters. The van der Waals surface area contributed by atoms with E-state index in [-0.39, 0.29) is 24.0 Å². The molecule has 0 aliphatic heterocycles. The number of nitrogens with zero attached hydrogens (tertiary/aromatic N) is 3. The van der Waals surface area contributed by atoms with Gasteiger partial charge in [0, 0.05) is 19.3 Å². The fourth-order valence-corrected chi connectivity index (χ4v) is 3.68. The van der Waals surface area contributed by atoms with E-state index >= 15 is 0 Å². The molecule has 8 nitrogen and oxygen atoms in total. The number of benzene rings is 2. The lowest BCUT2D eigenvalue weighted by molar-refractivity contribution is -0.118. The number of hydrogen-bond donors (Lipinski definition) is 2. The number of carbonyl (C=O) groups excluding carboxylic acids is 2. The van der Waals surface area contributed by atoms with Gasteiger partial charge in [-0.15, -0.1) is 10.2 Å². The zero-order valence-electron chi connectivity index (χ0n) is 18.6. The van der Waals surface area contributed by atoms with E-state index in [2.05, 4.69) is 20.8 Å². The molecule has 0 bridgehead atoms. The van der Waals surface area contributed by atoms with Crippen molar-refractivity contribution in [1.29, 1.82) is 0 Å². The highest BCUT2D eigenvalue weighted by Crippen LogP contribution is 2.17. The number of anilines is 1. The molecule has 0 spiro atoms. The second-order valence-corrected chi connectivity index (χ2v) is 8.34. The van der Waals surface area contributed by atoms with Crippen LogP contribution in [0.15, 0.2) is 47.6 Å². The largest absolute Gasteiger partial charge is 0.497 e. The number of carbonyl (C=O) groups is 2. The first kappa shape index (κ1) is 23.3. The molecule has 3 rings (SSSR count). The van der Waals surface area contributed by atoms with Crippen LogP contribution in [-0.2, 0) is 29.6 Å². The number of amides is 2. The third-order valence-electron chi connectivity index (χ3n) is 5.02. The standard InChI is InChI=1S/C23H27N5O3S/c1-15-5-8-18(11-16(15)2)25-21(29)12-20-26-27-23(28(20)3)32-14-22(30)24-13-17-6-9-19(31-4)10-7-17/h5-11H,12-14H2,1-4H3,(H,24,30)(H,25,29). The second kappa shape index (κ2) is 10.8. The maximum Gasteiger partial charge on any atom is 0.232 e. The van der Waals surface area contributed by atoms with Crippen LogP contribution in [0, 0.1) is 13.8 Å². The van der Waals surface area contributed by atoms with E-state index < -0.39 is 0 Å². The predicted octanol–water partition coefficient (Wildman–Crippen LogP) is 3.03. The lowest BCUT2D eigenvalue weighted by atomic mass is 10.1. The third kappa shape index (κ3) is 6.34. The number of nitrogens with one attached hydrogen (secondary N) is 2. The molecular weight excluding hydrogens is 426 g/mol. The number of ether oxygens (including phenoxy) is 1. The summed E-state index contributed by atoms with van der Waals surface area (Å²) >= 11 is 1.28. The molecule has 2 aromatic carbocycles. The first-order chi connectivity index (χ1) is 15.4. The molecule has 32 heavy (non-hydrogen) atoms. The summed E-state index contributed by atoms with van der Waals surface area (Å²) in [6.07, 6.45) is 0.0979. The molecule has 0 aliphatic carbocycles. The summed E-state index contributed by atoms with van der Waals surface area (Å²) in [5, 5.41) is 14.6. The Morgan fingerprint density at radius 3 is 2.47 bits per heavy atom. The van der Waals surface area contributed by atoms with Crippen LogP contribution in [0.3, 0.4) is 0 Å². The van der Waals surface area contributed by atoms with E-state index in [1.54, 1.807) is 18.7 Å². The first-order valence-electron chi connectivity index (χ1n) is 10.1. The van der Waals surface area contributed by atoms with E-state index in [0.29, 0.717) is 17.5 Å². The van der Waals surface area contributed by atoms with E-state index in [0.717, 1.165) is 22.6 Å². The molecule has 1 aromatic heterocycles. The summed E-state index contributed by atoms with van der Waals surface area (Å²) in [6, 6.07) is 13.3. The van der Waals surface area contributed by atoms with Gasteiger partial charge >= 0.3 is 0 Å². The molecule has 3 aromatic rings. The smallest absolute Gasteiger partial charge is 0.232 e. The highest BCUT2D eigenvalue weighted by molar-refractivity contribution is 7.99. The van der Waals surface area contributed by atoms with Crippen molar-refractivity contribution < 1.29 is 14.3 Å². The van der Waals surface area contributed by atoms with Crippen LogP contribution < -0.4 is 15.4 Å². The number of hydrogen-bond acceptors (Lipinski definition) is 6. The van der Waals surface area contributed by atoms with Gasteiger partial charge in [-0.1, -0.05) is 30.0 Å². The average Bonchev–Trinajstić information content (AvgIpc) is 3.12. The van der Waals surface area contributed by atoms with Crippen LogP contribution in [0.4, 0.5) is 5.69 Å². The van der Waals surface area contributed by atoms with Crippen molar-refractivity contribution in [1.82, 2.24) is 20.1 Å². The molecule has 168 valence electrons. The Morgan fingerprint density at radius 2 is 1.78 bits per heavy atom. The van der Waals surface area contributed by atoms with Crippen LogP contribution in [0.2, 0.25) is 0 Å². The highest BCUT2D eigenvalue weighted by Gasteiger charge is 2.15. The van der Waals surface area contributed by atoms with E-state index in [1.807, 2.05) is 56.3 Å². The van der Waals surface area contributed by atoms with Crippen LogP contribution in [-0.4, -0.2) is 39.4 Å². The van der Waals surface area contributed by atoms with Gasteiger partial charge in [-0.25, -0.2) is 0 Å². The Hall–Kier alpha value is -3.33. The van der Waals surface area contributed by atoms with Crippen LogP contribution in [0.5, 0.6) is 5.75 Å². The van der Waals surface area contributed by atoms with Crippen LogP contribution in [0.1, 0.15) is 22.5 Å². The molecule has 0 unspecified atom stereocenters. The molecule has 2 amide bonds. The minimum absolute atomic E-state index is 0.0979. The van der Waals surface area contributed by atoms with Gasteiger partial charge in [-0.2, -0.15) is 0 Å². The molecule has 0 fully saturated rings. The number of thioether (sulfide) groups is 1. The lowest BCUT2D eigenvalue weighted by Gasteiger charge is -2.08. The highest BCUT2D eigenvalue weighted by atomic mass is 32.2. The van der Waals surface area contributed by atoms with E-state index in [1.165, 1.54) is 17.3 Å². The third-order valence-corrected chi connectivity index (χ3v) is 6.04. The maximum absolute atomic E-state index is 12.4. The fraction of sp³-hybridized carbons (Fsp3) is 0.304. The van der Waals surface area contributed by atoms with Crippen molar-refractivity contribution in [3.8, 4) is 5.75 Å². The molecule has 0 saturated heterocycles. The number of aromatic nitrogens is 3. The van der Waals surface area contributed by atoms with Crippen molar-refractivity contribution in [2.75, 3.05) is 18.2 Å². The summed E-state index contributed by atoms with van der Waals surface area (Å²) < 4.78 is 6.86. The van der Waals surface area contributed by atoms with Gasteiger partial charge in [0.1, 0.15) is 11.6 Å². The molecule has 0 radical (unpaired) electrons. The topological polar surface area (TPSA) is 98.1 Å². The molecule has 9 heteroatoms. The SMILES string of the molecule is COc1ccc(CNC(=O)CSc2nnc(CC(=O)Nc3ccc(C)c(C)c3)n2C)cc1. The second-order valence-electron chi connectivity index (χ2n) is 7.40. The van der Waals surface area contributed by atoms with E-state index in [9.17, 15) is 9.59 Å². The maximum atomic E-state index is 12.4. The monoisotopic (exact) mass is 453 g/mol. The predicted molar refractivity (Wildman–Crippen MR) is 125 cm³/mol. The summed E-state index contributed by atoms with van der Waals surface area (Å²) in [5.41, 5.74) is 4.03. The van der Waals surface area contributed by atoms with Gasteiger partial charge in [-0.05, 0) is 54.8 Å². The number of methoxy groups -OCH3 is 1. The van der Waals surface area contributed by atoms with E-state index in [4.69, 9.17) is 4.74 Å². The number of rotatable bonds is 9. The Balaban J connectivity index is 1.47. The van der Waals surface area contributed by atoms with Gasteiger partial charge in [-0.3, -0.25) is 9.59 Å². The van der Waals surface area contributed by atoms with Crippen molar-refractivity contribution in [2.24, 2.45) is 7.05 Å². The molecule has 0 aliphatic rings.